The number of hydrogen-bond donors (Lipinski definition) is 1. The van der Waals surface area contributed by atoms with E-state index in [9.17, 15) is 10.1 Å². The summed E-state index contributed by atoms with van der Waals surface area (Å²) >= 11 is 0. The van der Waals surface area contributed by atoms with E-state index in [1.54, 1.807) is 12.1 Å². The Balaban J connectivity index is 2.24. The second-order valence-corrected chi connectivity index (χ2v) is 3.72. The van der Waals surface area contributed by atoms with Gasteiger partial charge in [0.05, 0.1) is 4.92 Å². The number of rotatable bonds is 3. The molecule has 4 nitrogen and oxygen atoms in total. The van der Waals surface area contributed by atoms with E-state index < -0.39 is 0 Å². The molecule has 0 bridgehead atoms. The first-order valence-corrected chi connectivity index (χ1v) is 4.68. The van der Waals surface area contributed by atoms with Crippen LogP contribution in [0.25, 0.3) is 0 Å². The molecule has 0 saturated heterocycles. The van der Waals surface area contributed by atoms with Crippen LogP contribution < -0.4 is 5.73 Å². The van der Waals surface area contributed by atoms with E-state index in [1.165, 1.54) is 6.07 Å². The van der Waals surface area contributed by atoms with Crippen LogP contribution in [0, 0.1) is 16.0 Å². The zero-order valence-electron chi connectivity index (χ0n) is 7.72. The normalized spacial score (nSPS) is 17.8. The van der Waals surface area contributed by atoms with Crippen LogP contribution in [0.3, 0.4) is 0 Å². The lowest BCUT2D eigenvalue weighted by Crippen LogP contribution is -2.12. The van der Waals surface area contributed by atoms with E-state index in [4.69, 9.17) is 5.73 Å². The minimum absolute atomic E-state index is 0.0325. The first kappa shape index (κ1) is 9.15. The maximum atomic E-state index is 10.5. The molecule has 0 unspecified atom stereocenters. The molecule has 0 spiro atoms. The Hall–Kier alpha value is -1.42. The zero-order chi connectivity index (χ0) is 10.1. The van der Waals surface area contributed by atoms with Crippen molar-refractivity contribution in [3.63, 3.8) is 0 Å². The van der Waals surface area contributed by atoms with Crippen LogP contribution >= 0.6 is 0 Å². The van der Waals surface area contributed by atoms with Crippen molar-refractivity contribution in [2.75, 3.05) is 0 Å². The molecule has 0 amide bonds. The van der Waals surface area contributed by atoms with Crippen molar-refractivity contribution in [3.05, 3.63) is 39.9 Å². The Morgan fingerprint density at radius 1 is 1.50 bits per heavy atom. The number of benzene rings is 1. The minimum atomic E-state index is -0.386. The number of nitro benzene ring substituents is 1. The van der Waals surface area contributed by atoms with E-state index in [1.807, 2.05) is 6.07 Å². The van der Waals surface area contributed by atoms with Gasteiger partial charge in [0.25, 0.3) is 5.69 Å². The summed E-state index contributed by atoms with van der Waals surface area (Å²) in [7, 11) is 0. The largest absolute Gasteiger partial charge is 0.324 e. The molecule has 0 aromatic heterocycles. The Morgan fingerprint density at radius 2 is 2.21 bits per heavy atom. The summed E-state index contributed by atoms with van der Waals surface area (Å²) in [5.41, 5.74) is 6.95. The van der Waals surface area contributed by atoms with Gasteiger partial charge in [-0.1, -0.05) is 12.1 Å². The van der Waals surface area contributed by atoms with Crippen LogP contribution in [0.1, 0.15) is 24.4 Å². The van der Waals surface area contributed by atoms with Gasteiger partial charge in [0.15, 0.2) is 0 Å². The summed E-state index contributed by atoms with van der Waals surface area (Å²) in [6.45, 7) is 0. The molecule has 1 saturated carbocycles. The maximum Gasteiger partial charge on any atom is 0.269 e. The van der Waals surface area contributed by atoms with Crippen LogP contribution in [0.15, 0.2) is 24.3 Å². The van der Waals surface area contributed by atoms with Gasteiger partial charge < -0.3 is 5.73 Å². The Labute approximate surface area is 81.9 Å². The third kappa shape index (κ3) is 1.75. The van der Waals surface area contributed by atoms with Crippen molar-refractivity contribution in [3.8, 4) is 0 Å². The van der Waals surface area contributed by atoms with Crippen LogP contribution in [-0.2, 0) is 0 Å². The molecule has 1 aromatic carbocycles. The van der Waals surface area contributed by atoms with Gasteiger partial charge in [-0.2, -0.15) is 0 Å². The standard InChI is InChI=1S/C10H12N2O2/c11-10(7-4-5-7)8-2-1-3-9(6-8)12(13)14/h1-3,6-7,10H,4-5,11H2/t10-/m0/s1. The molecule has 0 aliphatic heterocycles. The van der Waals surface area contributed by atoms with Crippen molar-refractivity contribution < 1.29 is 4.92 Å². The number of nitrogens with two attached hydrogens (primary N) is 1. The fraction of sp³-hybridized carbons (Fsp3) is 0.400. The molecule has 4 heteroatoms. The highest BCUT2D eigenvalue weighted by atomic mass is 16.6. The molecule has 2 N–H and O–H groups in total. The Bertz CT molecular complexity index is 361. The third-order valence-corrected chi connectivity index (χ3v) is 2.60. The molecule has 1 aromatic rings. The van der Waals surface area contributed by atoms with Gasteiger partial charge in [-0.15, -0.1) is 0 Å². The lowest BCUT2D eigenvalue weighted by Gasteiger charge is -2.09. The van der Waals surface area contributed by atoms with Gasteiger partial charge in [0, 0.05) is 18.2 Å². The first-order valence-electron chi connectivity index (χ1n) is 4.68. The van der Waals surface area contributed by atoms with Crippen molar-refractivity contribution >= 4 is 5.69 Å². The topological polar surface area (TPSA) is 69.2 Å². The summed E-state index contributed by atoms with van der Waals surface area (Å²) in [6.07, 6.45) is 2.29. The second kappa shape index (κ2) is 3.38. The van der Waals surface area contributed by atoms with Crippen LogP contribution in [0.5, 0.6) is 0 Å². The molecule has 2 rings (SSSR count). The molecule has 14 heavy (non-hydrogen) atoms. The highest BCUT2D eigenvalue weighted by Gasteiger charge is 2.29. The Kier molecular flexibility index (Phi) is 2.21. The average Bonchev–Trinajstić information content (AvgIpc) is 3.00. The highest BCUT2D eigenvalue weighted by molar-refractivity contribution is 5.36. The smallest absolute Gasteiger partial charge is 0.269 e. The third-order valence-electron chi connectivity index (χ3n) is 2.60. The molecular formula is C10H12N2O2. The molecule has 74 valence electrons. The summed E-state index contributed by atoms with van der Waals surface area (Å²) in [4.78, 5) is 10.1. The van der Waals surface area contributed by atoms with Gasteiger partial charge in [0.2, 0.25) is 0 Å². The first-order chi connectivity index (χ1) is 6.68. The van der Waals surface area contributed by atoms with Gasteiger partial charge in [-0.3, -0.25) is 10.1 Å². The van der Waals surface area contributed by atoms with Crippen molar-refractivity contribution in [1.29, 1.82) is 0 Å². The zero-order valence-corrected chi connectivity index (χ0v) is 7.72. The maximum absolute atomic E-state index is 10.5. The predicted molar refractivity (Wildman–Crippen MR) is 52.7 cm³/mol. The number of hydrogen-bond acceptors (Lipinski definition) is 3. The van der Waals surface area contributed by atoms with Gasteiger partial charge >= 0.3 is 0 Å². The van der Waals surface area contributed by atoms with E-state index in [-0.39, 0.29) is 16.7 Å². The molecule has 1 aliphatic rings. The quantitative estimate of drug-likeness (QED) is 0.588. The van der Waals surface area contributed by atoms with E-state index in [2.05, 4.69) is 0 Å². The highest BCUT2D eigenvalue weighted by Crippen LogP contribution is 2.39. The lowest BCUT2D eigenvalue weighted by molar-refractivity contribution is -0.384. The van der Waals surface area contributed by atoms with Gasteiger partial charge in [0.1, 0.15) is 0 Å². The van der Waals surface area contributed by atoms with Crippen molar-refractivity contribution in [2.45, 2.75) is 18.9 Å². The van der Waals surface area contributed by atoms with E-state index in [0.717, 1.165) is 18.4 Å². The van der Waals surface area contributed by atoms with E-state index >= 15 is 0 Å². The molecular weight excluding hydrogens is 180 g/mol. The molecule has 0 radical (unpaired) electrons. The second-order valence-electron chi connectivity index (χ2n) is 3.72. The van der Waals surface area contributed by atoms with Crippen LogP contribution in [-0.4, -0.2) is 4.92 Å². The monoisotopic (exact) mass is 192 g/mol. The SMILES string of the molecule is N[C@H](c1cccc([N+](=O)[O-])c1)C1CC1. The molecule has 1 atom stereocenters. The van der Waals surface area contributed by atoms with E-state index in [0.29, 0.717) is 5.92 Å². The van der Waals surface area contributed by atoms with Crippen molar-refractivity contribution in [2.24, 2.45) is 11.7 Å². The Morgan fingerprint density at radius 3 is 2.79 bits per heavy atom. The van der Waals surface area contributed by atoms with Crippen LogP contribution in [0.4, 0.5) is 5.69 Å². The molecule has 1 aliphatic carbocycles. The number of non-ortho nitro benzene ring substituents is 1. The van der Waals surface area contributed by atoms with Crippen molar-refractivity contribution in [1.82, 2.24) is 0 Å². The summed E-state index contributed by atoms with van der Waals surface area (Å²) in [6, 6.07) is 6.58. The molecule has 1 fully saturated rings. The fourth-order valence-corrected chi connectivity index (χ4v) is 1.57. The number of nitrogens with zero attached hydrogens (tertiary/aromatic N) is 1. The predicted octanol–water partition coefficient (Wildman–Crippen LogP) is 2.00. The van der Waals surface area contributed by atoms with Gasteiger partial charge in [-0.25, -0.2) is 0 Å². The summed E-state index contributed by atoms with van der Waals surface area (Å²) < 4.78 is 0. The summed E-state index contributed by atoms with van der Waals surface area (Å²) in [5.74, 6) is 0.525. The minimum Gasteiger partial charge on any atom is -0.324 e. The average molecular weight is 192 g/mol. The van der Waals surface area contributed by atoms with Crippen LogP contribution in [0.2, 0.25) is 0 Å². The van der Waals surface area contributed by atoms with Gasteiger partial charge in [-0.05, 0) is 24.3 Å². The molecule has 0 heterocycles. The summed E-state index contributed by atoms with van der Waals surface area (Å²) in [5, 5.41) is 10.5. The lowest BCUT2D eigenvalue weighted by atomic mass is 10.0. The fourth-order valence-electron chi connectivity index (χ4n) is 1.57. The number of nitro groups is 1.